The third-order valence-corrected chi connectivity index (χ3v) is 4.52. The second-order valence-electron chi connectivity index (χ2n) is 6.18. The van der Waals surface area contributed by atoms with Gasteiger partial charge in [0.25, 0.3) is 0 Å². The molecule has 0 saturated carbocycles. The van der Waals surface area contributed by atoms with Gasteiger partial charge in [0, 0.05) is 25.7 Å². The molecule has 3 rings (SSSR count). The maximum absolute atomic E-state index is 4.83. The van der Waals surface area contributed by atoms with Crippen LogP contribution in [0.5, 0.6) is 0 Å². The Morgan fingerprint density at radius 2 is 1.95 bits per heavy atom. The molecule has 1 aliphatic rings. The highest BCUT2D eigenvalue weighted by Gasteiger charge is 2.21. The molecule has 1 saturated heterocycles. The summed E-state index contributed by atoms with van der Waals surface area (Å²) in [5.41, 5.74) is 2.35. The van der Waals surface area contributed by atoms with Gasteiger partial charge in [-0.1, -0.05) is 38.3 Å². The Labute approximate surface area is 133 Å². The molecule has 119 valence electrons. The number of nitrogens with zero attached hydrogens (tertiary/aromatic N) is 3. The van der Waals surface area contributed by atoms with E-state index in [4.69, 9.17) is 4.98 Å². The molecule has 1 aliphatic heterocycles. The summed E-state index contributed by atoms with van der Waals surface area (Å²) in [6.45, 7) is 5.22. The van der Waals surface area contributed by atoms with Crippen LogP contribution in [0.15, 0.2) is 24.3 Å². The van der Waals surface area contributed by atoms with Crippen molar-refractivity contribution in [1.82, 2.24) is 14.9 Å². The molecule has 1 radical (unpaired) electrons. The molecule has 0 spiro atoms. The number of aromatic nitrogens is 2. The molecular formula is C18H27N4. The largest absolute Gasteiger partial charge is 0.356 e. The number of anilines is 1. The quantitative estimate of drug-likeness (QED) is 0.786. The van der Waals surface area contributed by atoms with Crippen LogP contribution in [0.3, 0.4) is 0 Å². The van der Waals surface area contributed by atoms with Crippen LogP contribution in [0.25, 0.3) is 11.0 Å². The Morgan fingerprint density at radius 1 is 1.14 bits per heavy atom. The van der Waals surface area contributed by atoms with Crippen LogP contribution in [0.2, 0.25) is 0 Å². The average Bonchev–Trinajstić information content (AvgIpc) is 2.93. The number of unbranched alkanes of at least 4 members (excludes halogenated alkanes) is 3. The predicted molar refractivity (Wildman–Crippen MR) is 92.5 cm³/mol. The lowest BCUT2D eigenvalue weighted by Crippen LogP contribution is -2.25. The summed E-state index contributed by atoms with van der Waals surface area (Å²) in [7, 11) is 0. The summed E-state index contributed by atoms with van der Waals surface area (Å²) in [5.74, 6) is 1.05. The fourth-order valence-electron chi connectivity index (χ4n) is 3.29. The maximum atomic E-state index is 4.83. The highest BCUT2D eigenvalue weighted by atomic mass is 15.2. The Morgan fingerprint density at radius 3 is 2.77 bits per heavy atom. The van der Waals surface area contributed by atoms with Crippen LogP contribution in [0, 0.1) is 0 Å². The van der Waals surface area contributed by atoms with Crippen molar-refractivity contribution in [2.45, 2.75) is 51.5 Å². The van der Waals surface area contributed by atoms with Crippen LogP contribution >= 0.6 is 0 Å². The Balaban J connectivity index is 1.78. The molecule has 1 aromatic carbocycles. The molecule has 22 heavy (non-hydrogen) atoms. The third-order valence-electron chi connectivity index (χ3n) is 4.52. The molecular weight excluding hydrogens is 272 g/mol. The van der Waals surface area contributed by atoms with E-state index < -0.39 is 0 Å². The topological polar surface area (TPSA) is 44.0 Å². The van der Waals surface area contributed by atoms with Crippen LogP contribution in [0.1, 0.15) is 51.5 Å². The summed E-state index contributed by atoms with van der Waals surface area (Å²) in [5, 5.41) is 8.07. The SMILES string of the molecule is CCCCCCNc1nc2ccccc2n1C1CC[N]CC1. The van der Waals surface area contributed by atoms with E-state index in [0.29, 0.717) is 6.04 Å². The number of hydrogen-bond donors (Lipinski definition) is 1. The van der Waals surface area contributed by atoms with E-state index in [1.165, 1.54) is 31.2 Å². The van der Waals surface area contributed by atoms with Gasteiger partial charge in [-0.05, 0) is 31.4 Å². The minimum Gasteiger partial charge on any atom is -0.356 e. The van der Waals surface area contributed by atoms with Crippen molar-refractivity contribution in [3.63, 3.8) is 0 Å². The lowest BCUT2D eigenvalue weighted by Gasteiger charge is -2.25. The van der Waals surface area contributed by atoms with E-state index in [0.717, 1.165) is 43.9 Å². The second-order valence-corrected chi connectivity index (χ2v) is 6.18. The number of piperidine rings is 1. The van der Waals surface area contributed by atoms with Gasteiger partial charge in [0.15, 0.2) is 0 Å². The molecule has 0 amide bonds. The highest BCUT2D eigenvalue weighted by molar-refractivity contribution is 5.78. The van der Waals surface area contributed by atoms with E-state index in [1.54, 1.807) is 0 Å². The van der Waals surface area contributed by atoms with Crippen LogP contribution < -0.4 is 10.6 Å². The monoisotopic (exact) mass is 299 g/mol. The summed E-state index contributed by atoms with van der Waals surface area (Å²) >= 11 is 0. The number of rotatable bonds is 7. The average molecular weight is 299 g/mol. The number of benzene rings is 1. The second kappa shape index (κ2) is 7.63. The zero-order chi connectivity index (χ0) is 15.2. The molecule has 0 bridgehead atoms. The van der Waals surface area contributed by atoms with E-state index in [2.05, 4.69) is 46.4 Å². The standard InChI is InChI=1S/C18H27N4/c1-2-3-4-7-12-20-18-21-16-8-5-6-9-17(16)22(18)15-10-13-19-14-11-15/h5-6,8-9,15H,2-4,7,10-14H2,1H3,(H,20,21). The minimum absolute atomic E-state index is 0.531. The number of hydrogen-bond acceptors (Lipinski definition) is 2. The Kier molecular flexibility index (Phi) is 5.33. The van der Waals surface area contributed by atoms with Crippen molar-refractivity contribution in [3.05, 3.63) is 24.3 Å². The lowest BCUT2D eigenvalue weighted by molar-refractivity contribution is 0.373. The molecule has 4 heteroatoms. The van der Waals surface area contributed by atoms with Crippen LogP contribution in [-0.4, -0.2) is 29.2 Å². The molecule has 0 unspecified atom stereocenters. The van der Waals surface area contributed by atoms with E-state index >= 15 is 0 Å². The number of imidazole rings is 1. The van der Waals surface area contributed by atoms with Gasteiger partial charge in [-0.3, -0.25) is 0 Å². The zero-order valence-corrected chi connectivity index (χ0v) is 13.6. The van der Waals surface area contributed by atoms with E-state index in [-0.39, 0.29) is 0 Å². The molecule has 1 fully saturated rings. The van der Waals surface area contributed by atoms with Crippen molar-refractivity contribution >= 4 is 17.0 Å². The van der Waals surface area contributed by atoms with Crippen molar-refractivity contribution in [1.29, 1.82) is 0 Å². The molecule has 0 atom stereocenters. The van der Waals surface area contributed by atoms with Crippen molar-refractivity contribution in [2.24, 2.45) is 0 Å². The predicted octanol–water partition coefficient (Wildman–Crippen LogP) is 3.97. The molecule has 0 aliphatic carbocycles. The van der Waals surface area contributed by atoms with Gasteiger partial charge in [-0.15, -0.1) is 0 Å². The van der Waals surface area contributed by atoms with Crippen LogP contribution in [-0.2, 0) is 0 Å². The van der Waals surface area contributed by atoms with Gasteiger partial charge in [-0.25, -0.2) is 10.3 Å². The summed E-state index contributed by atoms with van der Waals surface area (Å²) in [6, 6.07) is 9.01. The van der Waals surface area contributed by atoms with E-state index in [9.17, 15) is 0 Å². The highest BCUT2D eigenvalue weighted by Crippen LogP contribution is 2.29. The van der Waals surface area contributed by atoms with Gasteiger partial charge in [0.2, 0.25) is 5.95 Å². The first kappa shape index (κ1) is 15.3. The molecule has 1 N–H and O–H groups in total. The first-order chi connectivity index (χ1) is 10.9. The number of para-hydroxylation sites is 2. The van der Waals surface area contributed by atoms with Gasteiger partial charge in [0.1, 0.15) is 0 Å². The summed E-state index contributed by atoms with van der Waals surface area (Å²) in [6.07, 6.45) is 7.38. The maximum Gasteiger partial charge on any atom is 0.204 e. The van der Waals surface area contributed by atoms with Crippen molar-refractivity contribution in [2.75, 3.05) is 25.0 Å². The molecule has 2 aromatic rings. The fraction of sp³-hybridized carbons (Fsp3) is 0.611. The van der Waals surface area contributed by atoms with Gasteiger partial charge in [-0.2, -0.15) is 0 Å². The smallest absolute Gasteiger partial charge is 0.204 e. The fourth-order valence-corrected chi connectivity index (χ4v) is 3.29. The number of nitrogens with one attached hydrogen (secondary N) is 1. The zero-order valence-electron chi connectivity index (χ0n) is 13.6. The van der Waals surface area contributed by atoms with Crippen molar-refractivity contribution in [3.8, 4) is 0 Å². The normalized spacial score (nSPS) is 16.2. The molecule has 2 heterocycles. The lowest BCUT2D eigenvalue weighted by atomic mass is 10.1. The van der Waals surface area contributed by atoms with Gasteiger partial charge >= 0.3 is 0 Å². The summed E-state index contributed by atoms with van der Waals surface area (Å²) in [4.78, 5) is 4.83. The van der Waals surface area contributed by atoms with Crippen LogP contribution in [0.4, 0.5) is 5.95 Å². The van der Waals surface area contributed by atoms with Gasteiger partial charge < -0.3 is 9.88 Å². The minimum atomic E-state index is 0.531. The third kappa shape index (κ3) is 3.43. The number of fused-ring (bicyclic) bond motifs is 1. The first-order valence-corrected chi connectivity index (χ1v) is 8.74. The Bertz CT molecular complexity index is 584. The first-order valence-electron chi connectivity index (χ1n) is 8.74. The van der Waals surface area contributed by atoms with Gasteiger partial charge in [0.05, 0.1) is 11.0 Å². The van der Waals surface area contributed by atoms with E-state index in [1.807, 2.05) is 0 Å². The molecule has 1 aromatic heterocycles. The van der Waals surface area contributed by atoms with Crippen molar-refractivity contribution < 1.29 is 0 Å². The summed E-state index contributed by atoms with van der Waals surface area (Å²) < 4.78 is 2.42. The Hall–Kier alpha value is -1.55. The molecule has 4 nitrogen and oxygen atoms in total.